The molecule has 2 unspecified atom stereocenters. The van der Waals surface area contributed by atoms with Gasteiger partial charge in [0.25, 0.3) is 5.91 Å². The largest absolute Gasteiger partial charge is 0.368 e. The number of rotatable bonds is 7. The van der Waals surface area contributed by atoms with E-state index in [4.69, 9.17) is 9.73 Å². The SMILES string of the molecule is COC1(C(=O)N[C@@H](C)c2ccc(-n3cc(F)cn3)nc2)CCC(C2N=C(Nc3cc(C)[nH]n3)C(C)=CC2C#N)CC1. The van der Waals surface area contributed by atoms with Crippen LogP contribution in [-0.2, 0) is 9.53 Å². The van der Waals surface area contributed by atoms with Crippen LogP contribution in [0.15, 0.2) is 53.4 Å². The van der Waals surface area contributed by atoms with Gasteiger partial charge in [-0.15, -0.1) is 0 Å². The van der Waals surface area contributed by atoms with Gasteiger partial charge < -0.3 is 15.4 Å². The second kappa shape index (κ2) is 11.6. The number of aryl methyl sites for hydroxylation is 1. The molecule has 0 bridgehead atoms. The number of carbonyl (C=O) groups excluding carboxylic acids is 1. The van der Waals surface area contributed by atoms with Gasteiger partial charge in [-0.1, -0.05) is 12.1 Å². The maximum Gasteiger partial charge on any atom is 0.252 e. The Hall–Kier alpha value is -4.37. The third kappa shape index (κ3) is 5.90. The number of halogens is 1. The van der Waals surface area contributed by atoms with Crippen LogP contribution in [0.2, 0.25) is 0 Å². The van der Waals surface area contributed by atoms with Crippen molar-refractivity contribution in [3.63, 3.8) is 0 Å². The van der Waals surface area contributed by atoms with E-state index in [1.165, 1.54) is 10.9 Å². The Kier molecular flexibility index (Phi) is 7.99. The molecular weight excluding hydrogens is 525 g/mol. The molecule has 1 amide bonds. The molecule has 0 radical (unpaired) electrons. The summed E-state index contributed by atoms with van der Waals surface area (Å²) in [6.45, 7) is 5.75. The number of anilines is 1. The molecule has 2 aliphatic rings. The third-order valence-corrected chi connectivity index (χ3v) is 8.08. The summed E-state index contributed by atoms with van der Waals surface area (Å²) in [7, 11) is 1.57. The maximum atomic E-state index is 13.5. The predicted octanol–water partition coefficient (Wildman–Crippen LogP) is 4.17. The standard InChI is InChI=1S/C29H34FN9O2/c1-17-11-22(13-31)26(36-27(17)35-24-12-18(2)37-38-24)20-7-9-29(41-4,10-8-20)28(40)34-19(3)21-5-6-25(32-14-21)39-16-23(30)15-33-39/h5-6,11-12,14-16,19-20,22,26H,7-10H2,1-4H3,(H,34,40)(H2,35,36,37,38)/t19-,20?,22?,26?,29?/m0/s1. The number of nitrogens with zero attached hydrogens (tertiary/aromatic N) is 6. The van der Waals surface area contributed by atoms with E-state index in [1.54, 1.807) is 19.4 Å². The van der Waals surface area contributed by atoms with Crippen LogP contribution < -0.4 is 10.6 Å². The molecule has 4 heterocycles. The molecule has 1 saturated carbocycles. The molecule has 41 heavy (non-hydrogen) atoms. The van der Waals surface area contributed by atoms with E-state index < -0.39 is 11.4 Å². The van der Waals surface area contributed by atoms with Crippen LogP contribution in [0.1, 0.15) is 56.8 Å². The Morgan fingerprint density at radius 2 is 2.07 bits per heavy atom. The fraction of sp³-hybridized carbons (Fsp3) is 0.448. The van der Waals surface area contributed by atoms with Gasteiger partial charge in [-0.05, 0) is 69.6 Å². The molecule has 1 fully saturated rings. The summed E-state index contributed by atoms with van der Waals surface area (Å²) in [5.74, 6) is 1.02. The zero-order chi connectivity index (χ0) is 29.1. The zero-order valence-corrected chi connectivity index (χ0v) is 23.6. The number of amides is 1. The van der Waals surface area contributed by atoms with Crippen molar-refractivity contribution < 1.29 is 13.9 Å². The van der Waals surface area contributed by atoms with E-state index in [0.717, 1.165) is 23.0 Å². The van der Waals surface area contributed by atoms with Crippen LogP contribution in [0.5, 0.6) is 0 Å². The second-order valence-corrected chi connectivity index (χ2v) is 10.8. The highest BCUT2D eigenvalue weighted by Crippen LogP contribution is 2.40. The van der Waals surface area contributed by atoms with Crippen LogP contribution >= 0.6 is 0 Å². The fourth-order valence-corrected chi connectivity index (χ4v) is 5.62. The number of aromatic amines is 1. The van der Waals surface area contributed by atoms with Gasteiger partial charge in [0.05, 0.1) is 36.5 Å². The first-order chi connectivity index (χ1) is 19.7. The molecule has 0 spiro atoms. The van der Waals surface area contributed by atoms with Gasteiger partial charge in [-0.2, -0.15) is 15.5 Å². The summed E-state index contributed by atoms with van der Waals surface area (Å²) in [4.78, 5) is 22.8. The Morgan fingerprint density at radius 3 is 2.66 bits per heavy atom. The van der Waals surface area contributed by atoms with Crippen LogP contribution in [0.4, 0.5) is 10.2 Å². The first-order valence-electron chi connectivity index (χ1n) is 13.7. The average Bonchev–Trinajstić information content (AvgIpc) is 3.61. The summed E-state index contributed by atoms with van der Waals surface area (Å²) in [5.41, 5.74) is 1.68. The summed E-state index contributed by atoms with van der Waals surface area (Å²) in [5, 5.41) is 27.3. The Labute approximate surface area is 237 Å². The number of amidine groups is 1. The number of hydrogen-bond acceptors (Lipinski definition) is 8. The predicted molar refractivity (Wildman–Crippen MR) is 151 cm³/mol. The van der Waals surface area contributed by atoms with Crippen molar-refractivity contribution in [3.8, 4) is 11.9 Å². The van der Waals surface area contributed by atoms with Crippen molar-refractivity contribution in [2.45, 2.75) is 64.1 Å². The number of nitriles is 1. The van der Waals surface area contributed by atoms with Crippen molar-refractivity contribution in [1.29, 1.82) is 5.26 Å². The molecule has 1 aliphatic heterocycles. The van der Waals surface area contributed by atoms with Gasteiger partial charge in [0, 0.05) is 25.1 Å². The van der Waals surface area contributed by atoms with Crippen molar-refractivity contribution in [2.75, 3.05) is 12.4 Å². The maximum absolute atomic E-state index is 13.5. The lowest BCUT2D eigenvalue weighted by molar-refractivity contribution is -0.149. The number of carbonyl (C=O) groups is 1. The lowest BCUT2D eigenvalue weighted by Gasteiger charge is -2.41. The molecular formula is C29H34FN9O2. The van der Waals surface area contributed by atoms with Gasteiger partial charge in [0.15, 0.2) is 17.5 Å². The summed E-state index contributed by atoms with van der Waals surface area (Å²) in [6, 6.07) is 7.33. The highest BCUT2D eigenvalue weighted by molar-refractivity contribution is 6.07. The number of aliphatic imine (C=N–C) groups is 1. The molecule has 3 aromatic rings. The molecule has 0 aromatic carbocycles. The van der Waals surface area contributed by atoms with E-state index in [2.05, 4.69) is 37.0 Å². The van der Waals surface area contributed by atoms with Crippen LogP contribution in [0, 0.1) is 35.9 Å². The third-order valence-electron chi connectivity index (χ3n) is 8.08. The molecule has 0 saturated heterocycles. The molecule has 214 valence electrons. The number of nitrogens with one attached hydrogen (secondary N) is 3. The average molecular weight is 560 g/mol. The van der Waals surface area contributed by atoms with Gasteiger partial charge in [0.1, 0.15) is 11.4 Å². The number of pyridine rings is 1. The summed E-state index contributed by atoms with van der Waals surface area (Å²) in [6.07, 6.45) is 8.40. The highest BCUT2D eigenvalue weighted by Gasteiger charge is 2.45. The van der Waals surface area contributed by atoms with E-state index >= 15 is 0 Å². The lowest BCUT2D eigenvalue weighted by atomic mass is 9.72. The quantitative estimate of drug-likeness (QED) is 0.394. The van der Waals surface area contributed by atoms with E-state index in [-0.39, 0.29) is 29.8 Å². The molecule has 1 aliphatic carbocycles. The first-order valence-corrected chi connectivity index (χ1v) is 13.7. The van der Waals surface area contributed by atoms with Crippen molar-refractivity contribution in [1.82, 2.24) is 30.3 Å². The normalized spacial score (nSPS) is 25.0. The molecule has 3 aromatic heterocycles. The van der Waals surface area contributed by atoms with Crippen LogP contribution in [-0.4, -0.2) is 55.5 Å². The summed E-state index contributed by atoms with van der Waals surface area (Å²) >= 11 is 0. The number of dihydropyridines is 1. The second-order valence-electron chi connectivity index (χ2n) is 10.8. The number of aromatic nitrogens is 5. The summed E-state index contributed by atoms with van der Waals surface area (Å²) < 4.78 is 20.5. The minimum Gasteiger partial charge on any atom is -0.368 e. The van der Waals surface area contributed by atoms with Gasteiger partial charge >= 0.3 is 0 Å². The molecule has 12 heteroatoms. The van der Waals surface area contributed by atoms with Crippen LogP contribution in [0.3, 0.4) is 0 Å². The van der Waals surface area contributed by atoms with E-state index in [1.807, 2.05) is 39.0 Å². The monoisotopic (exact) mass is 559 g/mol. The van der Waals surface area contributed by atoms with Gasteiger partial charge in [-0.25, -0.2) is 14.1 Å². The van der Waals surface area contributed by atoms with Crippen LogP contribution in [0.25, 0.3) is 5.82 Å². The van der Waals surface area contributed by atoms with E-state index in [0.29, 0.717) is 43.2 Å². The Bertz CT molecular complexity index is 1490. The smallest absolute Gasteiger partial charge is 0.252 e. The first kappa shape index (κ1) is 28.2. The number of hydrogen-bond donors (Lipinski definition) is 3. The van der Waals surface area contributed by atoms with Crippen molar-refractivity contribution in [2.24, 2.45) is 16.8 Å². The topological polar surface area (TPSA) is 146 Å². The van der Waals surface area contributed by atoms with E-state index in [9.17, 15) is 14.4 Å². The minimum absolute atomic E-state index is 0.124. The van der Waals surface area contributed by atoms with Gasteiger partial charge in [0.2, 0.25) is 0 Å². The lowest BCUT2D eigenvalue weighted by Crippen LogP contribution is -2.52. The Morgan fingerprint density at radius 1 is 1.29 bits per heavy atom. The van der Waals surface area contributed by atoms with Crippen molar-refractivity contribution >= 4 is 17.6 Å². The number of methoxy groups -OCH3 is 1. The Balaban J connectivity index is 1.23. The number of H-pyrrole nitrogens is 1. The highest BCUT2D eigenvalue weighted by atomic mass is 19.1. The minimum atomic E-state index is -0.968. The molecule has 3 atom stereocenters. The molecule has 3 N–H and O–H groups in total. The molecule has 11 nitrogen and oxygen atoms in total. The molecule has 5 rings (SSSR count). The fourth-order valence-electron chi connectivity index (χ4n) is 5.62. The van der Waals surface area contributed by atoms with Crippen molar-refractivity contribution in [3.05, 3.63) is 65.5 Å². The van der Waals surface area contributed by atoms with Gasteiger partial charge in [-0.3, -0.25) is 14.9 Å². The number of ether oxygens (including phenoxy) is 1. The zero-order valence-electron chi connectivity index (χ0n) is 23.6.